The van der Waals surface area contributed by atoms with Crippen LogP contribution >= 0.6 is 11.3 Å². The SMILES string of the molecule is O=C(C[C@@H]1C=CCC1)NC1(c2nccs2)CCCC1. The maximum atomic E-state index is 12.3. The molecule has 0 saturated heterocycles. The lowest BCUT2D eigenvalue weighted by atomic mass is 9.97. The van der Waals surface area contributed by atoms with E-state index >= 15 is 0 Å². The maximum Gasteiger partial charge on any atom is 0.221 e. The first-order valence-electron chi connectivity index (χ1n) is 7.16. The van der Waals surface area contributed by atoms with Crippen molar-refractivity contribution >= 4 is 17.2 Å². The molecule has 1 saturated carbocycles. The maximum absolute atomic E-state index is 12.3. The van der Waals surface area contributed by atoms with Gasteiger partial charge < -0.3 is 5.32 Å². The van der Waals surface area contributed by atoms with Gasteiger partial charge in [0.05, 0.1) is 5.54 Å². The third-order valence-corrected chi connectivity index (χ3v) is 5.21. The fourth-order valence-electron chi connectivity index (χ4n) is 3.25. The normalized spacial score (nSPS) is 24.7. The minimum Gasteiger partial charge on any atom is -0.344 e. The van der Waals surface area contributed by atoms with Gasteiger partial charge in [0.15, 0.2) is 0 Å². The van der Waals surface area contributed by atoms with Crippen LogP contribution in [-0.4, -0.2) is 10.9 Å². The van der Waals surface area contributed by atoms with Gasteiger partial charge in [-0.15, -0.1) is 11.3 Å². The summed E-state index contributed by atoms with van der Waals surface area (Å²) in [5, 5.41) is 6.38. The van der Waals surface area contributed by atoms with E-state index in [1.807, 2.05) is 11.6 Å². The van der Waals surface area contributed by atoms with Crippen molar-refractivity contribution in [3.63, 3.8) is 0 Å². The Hall–Kier alpha value is -1.16. The molecule has 1 aromatic heterocycles. The quantitative estimate of drug-likeness (QED) is 0.857. The van der Waals surface area contributed by atoms with E-state index in [2.05, 4.69) is 22.5 Å². The number of carbonyl (C=O) groups is 1. The van der Waals surface area contributed by atoms with Crippen molar-refractivity contribution < 1.29 is 4.79 Å². The molecule has 2 aliphatic rings. The topological polar surface area (TPSA) is 42.0 Å². The lowest BCUT2D eigenvalue weighted by Crippen LogP contribution is -2.44. The fraction of sp³-hybridized carbons (Fsp3) is 0.600. The Morgan fingerprint density at radius 1 is 1.47 bits per heavy atom. The van der Waals surface area contributed by atoms with E-state index < -0.39 is 0 Å². The standard InChI is InChI=1S/C15H20N2OS/c18-13(11-12-5-1-2-6-12)17-15(7-3-4-8-15)14-16-9-10-19-14/h1,5,9-10,12H,2-4,6-8,11H2,(H,17,18)/t12-/m1/s1. The molecule has 1 amide bonds. The number of nitrogens with zero attached hydrogens (tertiary/aromatic N) is 1. The summed E-state index contributed by atoms with van der Waals surface area (Å²) in [6.45, 7) is 0. The second-order valence-corrected chi connectivity index (χ2v) is 6.54. The zero-order valence-corrected chi connectivity index (χ0v) is 11.9. The predicted molar refractivity (Wildman–Crippen MR) is 76.9 cm³/mol. The summed E-state index contributed by atoms with van der Waals surface area (Å²) in [4.78, 5) is 16.7. The van der Waals surface area contributed by atoms with Gasteiger partial charge in [0.25, 0.3) is 0 Å². The number of amides is 1. The Bertz CT molecular complexity index is 460. The number of aromatic nitrogens is 1. The first kappa shape index (κ1) is 12.9. The molecule has 0 aromatic carbocycles. The van der Waals surface area contributed by atoms with Crippen LogP contribution in [0.3, 0.4) is 0 Å². The molecule has 1 atom stereocenters. The van der Waals surface area contributed by atoms with Crippen molar-refractivity contribution in [2.24, 2.45) is 5.92 Å². The van der Waals surface area contributed by atoms with Gasteiger partial charge in [-0.3, -0.25) is 4.79 Å². The van der Waals surface area contributed by atoms with Gasteiger partial charge in [-0.1, -0.05) is 25.0 Å². The molecule has 0 spiro atoms. The highest BCUT2D eigenvalue weighted by atomic mass is 32.1. The van der Waals surface area contributed by atoms with Crippen molar-refractivity contribution in [1.82, 2.24) is 10.3 Å². The number of allylic oxidation sites excluding steroid dienone is 2. The Morgan fingerprint density at radius 3 is 2.95 bits per heavy atom. The molecule has 1 heterocycles. The predicted octanol–water partition coefficient (Wildman–Crippen LogP) is 3.38. The van der Waals surface area contributed by atoms with Crippen LogP contribution in [0.5, 0.6) is 0 Å². The van der Waals surface area contributed by atoms with Gasteiger partial charge >= 0.3 is 0 Å². The first-order valence-corrected chi connectivity index (χ1v) is 8.04. The van der Waals surface area contributed by atoms with Crippen LogP contribution in [0, 0.1) is 5.92 Å². The van der Waals surface area contributed by atoms with Gasteiger partial charge in [-0.2, -0.15) is 0 Å². The molecule has 3 rings (SSSR count). The van der Waals surface area contributed by atoms with Gasteiger partial charge in [0, 0.05) is 18.0 Å². The molecule has 2 aliphatic carbocycles. The summed E-state index contributed by atoms with van der Waals surface area (Å²) in [5.41, 5.74) is -0.173. The molecule has 0 unspecified atom stereocenters. The van der Waals surface area contributed by atoms with Gasteiger partial charge in [0.2, 0.25) is 5.91 Å². The molecule has 4 heteroatoms. The smallest absolute Gasteiger partial charge is 0.221 e. The summed E-state index contributed by atoms with van der Waals surface area (Å²) >= 11 is 1.66. The summed E-state index contributed by atoms with van der Waals surface area (Å²) in [6, 6.07) is 0. The van der Waals surface area contributed by atoms with E-state index in [1.54, 1.807) is 11.3 Å². The van der Waals surface area contributed by atoms with E-state index in [0.717, 1.165) is 30.7 Å². The van der Waals surface area contributed by atoms with Crippen LogP contribution in [0.15, 0.2) is 23.7 Å². The molecule has 1 N–H and O–H groups in total. The molecular formula is C15H20N2OS. The number of rotatable bonds is 4. The lowest BCUT2D eigenvalue weighted by molar-refractivity contribution is -0.123. The largest absolute Gasteiger partial charge is 0.344 e. The number of thiazole rings is 1. The Kier molecular flexibility index (Phi) is 3.69. The summed E-state index contributed by atoms with van der Waals surface area (Å²) in [7, 11) is 0. The molecule has 0 bridgehead atoms. The molecule has 1 aromatic rings. The van der Waals surface area contributed by atoms with Crippen LogP contribution in [0.25, 0.3) is 0 Å². The van der Waals surface area contributed by atoms with Crippen molar-refractivity contribution in [2.75, 3.05) is 0 Å². The van der Waals surface area contributed by atoms with Crippen molar-refractivity contribution in [1.29, 1.82) is 0 Å². The van der Waals surface area contributed by atoms with Crippen LogP contribution in [0.1, 0.15) is 50.0 Å². The highest BCUT2D eigenvalue weighted by Gasteiger charge is 2.39. The summed E-state index contributed by atoms with van der Waals surface area (Å²) in [6.07, 6.45) is 13.5. The number of hydrogen-bond acceptors (Lipinski definition) is 3. The second kappa shape index (κ2) is 5.45. The van der Waals surface area contributed by atoms with E-state index in [-0.39, 0.29) is 11.4 Å². The Morgan fingerprint density at radius 2 is 2.32 bits per heavy atom. The second-order valence-electron chi connectivity index (χ2n) is 5.64. The zero-order valence-electron chi connectivity index (χ0n) is 11.1. The Labute approximate surface area is 118 Å². The third-order valence-electron chi connectivity index (χ3n) is 4.24. The molecule has 19 heavy (non-hydrogen) atoms. The summed E-state index contributed by atoms with van der Waals surface area (Å²) in [5.74, 6) is 0.628. The molecule has 3 nitrogen and oxygen atoms in total. The van der Waals surface area contributed by atoms with E-state index in [0.29, 0.717) is 12.3 Å². The van der Waals surface area contributed by atoms with E-state index in [1.165, 1.54) is 12.8 Å². The van der Waals surface area contributed by atoms with E-state index in [9.17, 15) is 4.79 Å². The van der Waals surface area contributed by atoms with Crippen LogP contribution in [-0.2, 0) is 10.3 Å². The molecule has 1 fully saturated rings. The lowest BCUT2D eigenvalue weighted by Gasteiger charge is -2.28. The highest BCUT2D eigenvalue weighted by Crippen LogP contribution is 2.39. The van der Waals surface area contributed by atoms with Crippen LogP contribution in [0.4, 0.5) is 0 Å². The average Bonchev–Trinajstić information content (AvgIpc) is 3.11. The minimum atomic E-state index is -0.173. The van der Waals surface area contributed by atoms with Gasteiger partial charge in [-0.05, 0) is 31.6 Å². The third kappa shape index (κ3) is 2.73. The number of nitrogens with one attached hydrogen (secondary N) is 1. The fourth-order valence-corrected chi connectivity index (χ4v) is 4.11. The van der Waals surface area contributed by atoms with Crippen LogP contribution < -0.4 is 5.32 Å². The highest BCUT2D eigenvalue weighted by molar-refractivity contribution is 7.09. The minimum absolute atomic E-state index is 0.173. The average molecular weight is 276 g/mol. The molecule has 102 valence electrons. The molecule has 0 aliphatic heterocycles. The van der Waals surface area contributed by atoms with Crippen molar-refractivity contribution in [2.45, 2.75) is 50.5 Å². The Balaban J connectivity index is 1.68. The van der Waals surface area contributed by atoms with Crippen LogP contribution in [0.2, 0.25) is 0 Å². The molecule has 0 radical (unpaired) electrons. The van der Waals surface area contributed by atoms with E-state index in [4.69, 9.17) is 0 Å². The van der Waals surface area contributed by atoms with Gasteiger partial charge in [0.1, 0.15) is 5.01 Å². The summed E-state index contributed by atoms with van der Waals surface area (Å²) < 4.78 is 0. The van der Waals surface area contributed by atoms with Crippen molar-refractivity contribution in [3.05, 3.63) is 28.7 Å². The first-order chi connectivity index (χ1) is 9.28. The number of carbonyl (C=O) groups excluding carboxylic acids is 1. The monoisotopic (exact) mass is 276 g/mol. The number of hydrogen-bond donors (Lipinski definition) is 1. The molecular weight excluding hydrogens is 256 g/mol. The van der Waals surface area contributed by atoms with Gasteiger partial charge in [-0.25, -0.2) is 4.98 Å². The van der Waals surface area contributed by atoms with Crippen molar-refractivity contribution in [3.8, 4) is 0 Å². The zero-order chi connectivity index (χ0) is 13.1.